The van der Waals surface area contributed by atoms with Crippen LogP contribution in [-0.2, 0) is 6.54 Å². The highest BCUT2D eigenvalue weighted by Crippen LogP contribution is 2.25. The molecule has 0 spiro atoms. The Labute approximate surface area is 123 Å². The van der Waals surface area contributed by atoms with E-state index in [-0.39, 0.29) is 0 Å². The maximum atomic E-state index is 10.3. The van der Waals surface area contributed by atoms with Crippen LogP contribution in [0.15, 0.2) is 23.6 Å². The van der Waals surface area contributed by atoms with Gasteiger partial charge < -0.3 is 15.2 Å². The standard InChI is InChI=1S/C15H20N2O2S/c1-10-4-5-15(19-3)13(6-10)14(18)8-16-7-12-9-20-11(2)17-12/h4-6,9,14,16,18H,7-8H2,1-3H3. The molecule has 0 fully saturated rings. The molecule has 0 aliphatic heterocycles. The largest absolute Gasteiger partial charge is 0.496 e. The molecule has 108 valence electrons. The van der Waals surface area contributed by atoms with Crippen molar-refractivity contribution in [3.8, 4) is 5.75 Å². The molecular formula is C15H20N2O2S. The molecule has 0 saturated heterocycles. The third kappa shape index (κ3) is 3.79. The van der Waals surface area contributed by atoms with Gasteiger partial charge in [0.15, 0.2) is 0 Å². The number of methoxy groups -OCH3 is 1. The van der Waals surface area contributed by atoms with Crippen molar-refractivity contribution in [3.05, 3.63) is 45.4 Å². The van der Waals surface area contributed by atoms with Crippen molar-refractivity contribution in [2.75, 3.05) is 13.7 Å². The molecule has 2 rings (SSSR count). The van der Waals surface area contributed by atoms with Crippen molar-refractivity contribution in [1.29, 1.82) is 0 Å². The van der Waals surface area contributed by atoms with Crippen molar-refractivity contribution in [2.24, 2.45) is 0 Å². The van der Waals surface area contributed by atoms with E-state index in [1.54, 1.807) is 18.4 Å². The summed E-state index contributed by atoms with van der Waals surface area (Å²) in [6, 6.07) is 5.82. The second kappa shape index (κ2) is 6.83. The molecule has 0 aliphatic rings. The number of hydrogen-bond acceptors (Lipinski definition) is 5. The summed E-state index contributed by atoms with van der Waals surface area (Å²) in [4.78, 5) is 4.38. The predicted molar refractivity (Wildman–Crippen MR) is 81.2 cm³/mol. The Bertz CT molecular complexity index is 569. The summed E-state index contributed by atoms with van der Waals surface area (Å²) in [5, 5.41) is 16.6. The van der Waals surface area contributed by atoms with Crippen LogP contribution in [0.3, 0.4) is 0 Å². The van der Waals surface area contributed by atoms with Crippen molar-refractivity contribution in [3.63, 3.8) is 0 Å². The van der Waals surface area contributed by atoms with Gasteiger partial charge in [0.05, 0.1) is 23.9 Å². The van der Waals surface area contributed by atoms with Crippen LogP contribution in [0.4, 0.5) is 0 Å². The molecule has 1 aromatic carbocycles. The molecule has 1 atom stereocenters. The first-order valence-electron chi connectivity index (χ1n) is 6.54. The van der Waals surface area contributed by atoms with Crippen LogP contribution in [0, 0.1) is 13.8 Å². The Balaban J connectivity index is 1.94. The fourth-order valence-electron chi connectivity index (χ4n) is 2.05. The van der Waals surface area contributed by atoms with Crippen LogP contribution in [0.1, 0.15) is 27.9 Å². The van der Waals surface area contributed by atoms with Gasteiger partial charge in [0.2, 0.25) is 0 Å². The molecule has 5 heteroatoms. The van der Waals surface area contributed by atoms with Gasteiger partial charge in [0, 0.05) is 24.0 Å². The van der Waals surface area contributed by atoms with E-state index in [0.29, 0.717) is 13.1 Å². The lowest BCUT2D eigenvalue weighted by molar-refractivity contribution is 0.170. The summed E-state index contributed by atoms with van der Waals surface area (Å²) in [5.74, 6) is 0.717. The molecule has 2 aromatic rings. The Morgan fingerprint density at radius 3 is 2.85 bits per heavy atom. The van der Waals surface area contributed by atoms with Crippen LogP contribution in [0.2, 0.25) is 0 Å². The molecule has 0 aliphatic carbocycles. The number of benzene rings is 1. The number of aliphatic hydroxyl groups excluding tert-OH is 1. The highest BCUT2D eigenvalue weighted by atomic mass is 32.1. The fraction of sp³-hybridized carbons (Fsp3) is 0.400. The van der Waals surface area contributed by atoms with Gasteiger partial charge in [-0.1, -0.05) is 11.6 Å². The molecular weight excluding hydrogens is 272 g/mol. The lowest BCUT2D eigenvalue weighted by Crippen LogP contribution is -2.21. The summed E-state index contributed by atoms with van der Waals surface area (Å²) in [5.41, 5.74) is 2.93. The Kier molecular flexibility index (Phi) is 5.11. The lowest BCUT2D eigenvalue weighted by Gasteiger charge is -2.16. The topological polar surface area (TPSA) is 54.4 Å². The van der Waals surface area contributed by atoms with E-state index < -0.39 is 6.10 Å². The Hall–Kier alpha value is -1.43. The highest BCUT2D eigenvalue weighted by Gasteiger charge is 2.13. The average molecular weight is 292 g/mol. The van der Waals surface area contributed by atoms with Crippen molar-refractivity contribution in [2.45, 2.75) is 26.5 Å². The number of aryl methyl sites for hydroxylation is 2. The third-order valence-corrected chi connectivity index (χ3v) is 3.88. The van der Waals surface area contributed by atoms with E-state index in [4.69, 9.17) is 4.74 Å². The van der Waals surface area contributed by atoms with Crippen LogP contribution >= 0.6 is 11.3 Å². The van der Waals surface area contributed by atoms with Gasteiger partial charge in [-0.3, -0.25) is 0 Å². The first-order valence-corrected chi connectivity index (χ1v) is 7.42. The summed E-state index contributed by atoms with van der Waals surface area (Å²) in [6.45, 7) is 5.12. The minimum atomic E-state index is -0.593. The molecule has 0 amide bonds. The van der Waals surface area contributed by atoms with Crippen LogP contribution < -0.4 is 10.1 Å². The van der Waals surface area contributed by atoms with Crippen LogP contribution in [0.25, 0.3) is 0 Å². The summed E-state index contributed by atoms with van der Waals surface area (Å²) >= 11 is 1.63. The number of nitrogens with one attached hydrogen (secondary N) is 1. The zero-order valence-electron chi connectivity index (χ0n) is 12.0. The van der Waals surface area contributed by atoms with E-state index in [1.807, 2.05) is 37.4 Å². The molecule has 1 heterocycles. The number of thiazole rings is 1. The zero-order chi connectivity index (χ0) is 14.5. The van der Waals surface area contributed by atoms with E-state index >= 15 is 0 Å². The number of aromatic nitrogens is 1. The van der Waals surface area contributed by atoms with E-state index in [1.165, 1.54) is 0 Å². The molecule has 0 saturated carbocycles. The molecule has 1 aromatic heterocycles. The summed E-state index contributed by atoms with van der Waals surface area (Å²) < 4.78 is 5.29. The highest BCUT2D eigenvalue weighted by molar-refractivity contribution is 7.09. The quantitative estimate of drug-likeness (QED) is 0.859. The maximum absolute atomic E-state index is 10.3. The minimum absolute atomic E-state index is 0.469. The number of aliphatic hydroxyl groups is 1. The number of ether oxygens (including phenoxy) is 1. The predicted octanol–water partition coefficient (Wildman–Crippen LogP) is 2.59. The molecule has 1 unspecified atom stereocenters. The van der Waals surface area contributed by atoms with Gasteiger partial charge in [-0.15, -0.1) is 11.3 Å². The van der Waals surface area contributed by atoms with Gasteiger partial charge in [-0.2, -0.15) is 0 Å². The smallest absolute Gasteiger partial charge is 0.124 e. The van der Waals surface area contributed by atoms with Gasteiger partial charge in [-0.25, -0.2) is 4.98 Å². The van der Waals surface area contributed by atoms with Crippen molar-refractivity contribution < 1.29 is 9.84 Å². The maximum Gasteiger partial charge on any atom is 0.124 e. The first kappa shape index (κ1) is 15.0. The van der Waals surface area contributed by atoms with Gasteiger partial charge in [0.1, 0.15) is 5.75 Å². The summed E-state index contributed by atoms with van der Waals surface area (Å²) in [7, 11) is 1.62. The summed E-state index contributed by atoms with van der Waals surface area (Å²) in [6.07, 6.45) is -0.593. The molecule has 4 nitrogen and oxygen atoms in total. The second-order valence-electron chi connectivity index (χ2n) is 4.75. The van der Waals surface area contributed by atoms with Crippen LogP contribution in [0.5, 0.6) is 5.75 Å². The first-order chi connectivity index (χ1) is 9.60. The zero-order valence-corrected chi connectivity index (χ0v) is 12.8. The van der Waals surface area contributed by atoms with E-state index in [2.05, 4.69) is 10.3 Å². The SMILES string of the molecule is COc1ccc(C)cc1C(O)CNCc1csc(C)n1. The molecule has 2 N–H and O–H groups in total. The minimum Gasteiger partial charge on any atom is -0.496 e. The van der Waals surface area contributed by atoms with Crippen molar-refractivity contribution in [1.82, 2.24) is 10.3 Å². The molecule has 0 bridgehead atoms. The molecule has 0 radical (unpaired) electrons. The van der Waals surface area contributed by atoms with Crippen molar-refractivity contribution >= 4 is 11.3 Å². The second-order valence-corrected chi connectivity index (χ2v) is 5.81. The number of nitrogens with zero attached hydrogens (tertiary/aromatic N) is 1. The van der Waals surface area contributed by atoms with E-state index in [9.17, 15) is 5.11 Å². The number of hydrogen-bond donors (Lipinski definition) is 2. The average Bonchev–Trinajstić information content (AvgIpc) is 2.84. The Morgan fingerprint density at radius 2 is 2.20 bits per heavy atom. The van der Waals surface area contributed by atoms with E-state index in [0.717, 1.165) is 27.6 Å². The fourth-order valence-corrected chi connectivity index (χ4v) is 2.66. The van der Waals surface area contributed by atoms with Gasteiger partial charge >= 0.3 is 0 Å². The molecule has 20 heavy (non-hydrogen) atoms. The van der Waals surface area contributed by atoms with Gasteiger partial charge in [-0.05, 0) is 26.0 Å². The third-order valence-electron chi connectivity index (χ3n) is 3.05. The normalized spacial score (nSPS) is 12.4. The number of rotatable bonds is 6. The monoisotopic (exact) mass is 292 g/mol. The van der Waals surface area contributed by atoms with Gasteiger partial charge in [0.25, 0.3) is 0 Å². The van der Waals surface area contributed by atoms with Crippen LogP contribution in [-0.4, -0.2) is 23.7 Å². The lowest BCUT2D eigenvalue weighted by atomic mass is 10.1. The Morgan fingerprint density at radius 1 is 1.40 bits per heavy atom.